The molecule has 0 aliphatic heterocycles. The maximum absolute atomic E-state index is 10.2. The molecule has 2 nitrogen and oxygen atoms in total. The lowest BCUT2D eigenvalue weighted by Gasteiger charge is -2.46. The molecule has 3 aliphatic rings. The predicted octanol–water partition coefficient (Wildman–Crippen LogP) is 1.84. The summed E-state index contributed by atoms with van der Waals surface area (Å²) in [6.07, 6.45) is 8.68. The molecule has 0 saturated heterocycles. The normalized spacial score (nSPS) is 57.0. The second-order valence-corrected chi connectivity index (χ2v) is 5.76. The van der Waals surface area contributed by atoms with E-state index < -0.39 is 0 Å². The lowest BCUT2D eigenvalue weighted by atomic mass is 9.59. The van der Waals surface area contributed by atoms with E-state index in [1.807, 2.05) is 0 Å². The third-order valence-electron chi connectivity index (χ3n) is 5.34. The fraction of sp³-hybridized carbons (Fsp3) is 1.00. The first-order chi connectivity index (χ1) is 6.69. The minimum Gasteiger partial charge on any atom is -0.393 e. The van der Waals surface area contributed by atoms with Crippen LogP contribution >= 0.6 is 0 Å². The van der Waals surface area contributed by atoms with Gasteiger partial charge in [0.1, 0.15) is 0 Å². The monoisotopic (exact) mass is 196 g/mol. The van der Waals surface area contributed by atoms with Crippen LogP contribution < -0.4 is 0 Å². The first kappa shape index (κ1) is 9.17. The molecule has 2 heteroatoms. The molecule has 0 aromatic heterocycles. The Bertz CT molecular complexity index is 249. The number of hydrogen-bond donors (Lipinski definition) is 2. The Balaban J connectivity index is 2.02. The van der Waals surface area contributed by atoms with Crippen LogP contribution in [0.5, 0.6) is 0 Å². The zero-order chi connectivity index (χ0) is 9.81. The van der Waals surface area contributed by atoms with E-state index >= 15 is 0 Å². The highest BCUT2D eigenvalue weighted by Crippen LogP contribution is 2.68. The molecule has 4 atom stereocenters. The molecule has 0 spiro atoms. The van der Waals surface area contributed by atoms with E-state index in [0.717, 1.165) is 32.1 Å². The van der Waals surface area contributed by atoms with Crippen molar-refractivity contribution >= 4 is 0 Å². The molecule has 3 rings (SSSR count). The highest BCUT2D eigenvalue weighted by molar-refractivity contribution is 5.14. The van der Waals surface area contributed by atoms with Crippen molar-refractivity contribution in [1.29, 1.82) is 0 Å². The standard InChI is InChI=1S/C12H20O2/c13-9-7-11-4-1-2-5-12(11,8-9)10(14)3-6-11/h9-10,13-14H,1-8H2/t9-,10-,11?,12?/m1/s1. The van der Waals surface area contributed by atoms with Gasteiger partial charge in [0.15, 0.2) is 0 Å². The van der Waals surface area contributed by atoms with Gasteiger partial charge in [0.05, 0.1) is 12.2 Å². The van der Waals surface area contributed by atoms with Gasteiger partial charge in [0.2, 0.25) is 0 Å². The fourth-order valence-corrected chi connectivity index (χ4v) is 4.81. The van der Waals surface area contributed by atoms with Crippen molar-refractivity contribution in [1.82, 2.24) is 0 Å². The second kappa shape index (κ2) is 2.73. The summed E-state index contributed by atoms with van der Waals surface area (Å²) in [6.45, 7) is 0. The molecule has 0 bridgehead atoms. The van der Waals surface area contributed by atoms with E-state index in [2.05, 4.69) is 0 Å². The lowest BCUT2D eigenvalue weighted by molar-refractivity contribution is -0.0372. The summed E-state index contributed by atoms with van der Waals surface area (Å²) in [5, 5.41) is 20.0. The van der Waals surface area contributed by atoms with Crippen molar-refractivity contribution in [2.45, 2.75) is 63.6 Å². The molecule has 3 saturated carbocycles. The highest BCUT2D eigenvalue weighted by Gasteiger charge is 2.64. The molecule has 3 fully saturated rings. The van der Waals surface area contributed by atoms with Crippen molar-refractivity contribution in [3.8, 4) is 0 Å². The average Bonchev–Trinajstić information content (AvgIpc) is 2.60. The van der Waals surface area contributed by atoms with E-state index in [9.17, 15) is 10.2 Å². The molecule has 0 aromatic rings. The number of aliphatic hydroxyl groups is 2. The summed E-state index contributed by atoms with van der Waals surface area (Å²) in [4.78, 5) is 0. The van der Waals surface area contributed by atoms with Crippen LogP contribution in [0.2, 0.25) is 0 Å². The van der Waals surface area contributed by atoms with Gasteiger partial charge in [0, 0.05) is 5.41 Å². The quantitative estimate of drug-likeness (QED) is 0.620. The van der Waals surface area contributed by atoms with Crippen molar-refractivity contribution in [3.63, 3.8) is 0 Å². The van der Waals surface area contributed by atoms with Gasteiger partial charge in [-0.25, -0.2) is 0 Å². The lowest BCUT2D eigenvalue weighted by Crippen LogP contribution is -2.42. The topological polar surface area (TPSA) is 40.5 Å². The van der Waals surface area contributed by atoms with Gasteiger partial charge in [-0.3, -0.25) is 0 Å². The predicted molar refractivity (Wildman–Crippen MR) is 53.8 cm³/mol. The first-order valence-electron chi connectivity index (χ1n) is 6.05. The van der Waals surface area contributed by atoms with Gasteiger partial charge in [-0.2, -0.15) is 0 Å². The summed E-state index contributed by atoms with van der Waals surface area (Å²) < 4.78 is 0. The Morgan fingerprint density at radius 3 is 2.50 bits per heavy atom. The maximum Gasteiger partial charge on any atom is 0.0602 e. The molecule has 0 radical (unpaired) electrons. The van der Waals surface area contributed by atoms with E-state index in [1.54, 1.807) is 0 Å². The molecule has 80 valence electrons. The largest absolute Gasteiger partial charge is 0.393 e. The molecule has 2 N–H and O–H groups in total. The molecular formula is C12H20O2. The van der Waals surface area contributed by atoms with Crippen LogP contribution in [-0.4, -0.2) is 22.4 Å². The van der Waals surface area contributed by atoms with E-state index in [0.29, 0.717) is 5.41 Å². The Labute approximate surface area is 85.3 Å². The van der Waals surface area contributed by atoms with Gasteiger partial charge in [-0.1, -0.05) is 12.8 Å². The maximum atomic E-state index is 10.2. The smallest absolute Gasteiger partial charge is 0.0602 e. The summed E-state index contributed by atoms with van der Waals surface area (Å²) in [6, 6.07) is 0. The summed E-state index contributed by atoms with van der Waals surface area (Å²) in [5.74, 6) is 0. The SMILES string of the molecule is O[C@@H]1CC23CCCCC2(C1)[C@H](O)CC3. The van der Waals surface area contributed by atoms with Crippen LogP contribution in [0.25, 0.3) is 0 Å². The third kappa shape index (κ3) is 0.892. The van der Waals surface area contributed by atoms with Crippen LogP contribution in [0.15, 0.2) is 0 Å². The molecule has 0 heterocycles. The highest BCUT2D eigenvalue weighted by atomic mass is 16.3. The molecule has 14 heavy (non-hydrogen) atoms. The van der Waals surface area contributed by atoms with Crippen molar-refractivity contribution in [2.75, 3.05) is 0 Å². The molecule has 0 aromatic carbocycles. The Kier molecular flexibility index (Phi) is 1.79. The van der Waals surface area contributed by atoms with E-state index in [-0.39, 0.29) is 17.6 Å². The Morgan fingerprint density at radius 2 is 1.71 bits per heavy atom. The van der Waals surface area contributed by atoms with Crippen molar-refractivity contribution < 1.29 is 10.2 Å². The Hall–Kier alpha value is -0.0800. The van der Waals surface area contributed by atoms with E-state index in [4.69, 9.17) is 0 Å². The van der Waals surface area contributed by atoms with Crippen molar-refractivity contribution in [3.05, 3.63) is 0 Å². The fourth-order valence-electron chi connectivity index (χ4n) is 4.81. The molecule has 3 aliphatic carbocycles. The average molecular weight is 196 g/mol. The molecule has 0 amide bonds. The van der Waals surface area contributed by atoms with E-state index in [1.165, 1.54) is 19.3 Å². The minimum atomic E-state index is -0.136. The third-order valence-corrected chi connectivity index (χ3v) is 5.34. The minimum absolute atomic E-state index is 0.116. The molecular weight excluding hydrogens is 176 g/mol. The second-order valence-electron chi connectivity index (χ2n) is 5.76. The first-order valence-corrected chi connectivity index (χ1v) is 6.05. The molecule has 2 unspecified atom stereocenters. The van der Waals surface area contributed by atoms with Crippen LogP contribution in [0, 0.1) is 10.8 Å². The van der Waals surface area contributed by atoms with Gasteiger partial charge >= 0.3 is 0 Å². The Morgan fingerprint density at radius 1 is 0.929 bits per heavy atom. The zero-order valence-electron chi connectivity index (χ0n) is 8.71. The number of aliphatic hydroxyl groups excluding tert-OH is 2. The summed E-state index contributed by atoms with van der Waals surface area (Å²) in [7, 11) is 0. The van der Waals surface area contributed by atoms with Crippen LogP contribution in [0.3, 0.4) is 0 Å². The van der Waals surface area contributed by atoms with Crippen LogP contribution in [-0.2, 0) is 0 Å². The van der Waals surface area contributed by atoms with Gasteiger partial charge in [-0.15, -0.1) is 0 Å². The van der Waals surface area contributed by atoms with Crippen molar-refractivity contribution in [2.24, 2.45) is 10.8 Å². The summed E-state index contributed by atoms with van der Waals surface area (Å²) >= 11 is 0. The van der Waals surface area contributed by atoms with Gasteiger partial charge in [-0.05, 0) is 43.9 Å². The number of hydrogen-bond acceptors (Lipinski definition) is 2. The van der Waals surface area contributed by atoms with Gasteiger partial charge < -0.3 is 10.2 Å². The van der Waals surface area contributed by atoms with Crippen LogP contribution in [0.4, 0.5) is 0 Å². The van der Waals surface area contributed by atoms with Crippen LogP contribution in [0.1, 0.15) is 51.4 Å². The number of rotatable bonds is 0. The van der Waals surface area contributed by atoms with Gasteiger partial charge in [0.25, 0.3) is 0 Å². The zero-order valence-corrected chi connectivity index (χ0v) is 8.71. The summed E-state index contributed by atoms with van der Waals surface area (Å²) in [5.41, 5.74) is 0.439.